The predicted molar refractivity (Wildman–Crippen MR) is 89.9 cm³/mol. The van der Waals surface area contributed by atoms with Crippen molar-refractivity contribution in [2.24, 2.45) is 29.6 Å². The largest absolute Gasteiger partial charge is 0.349 e. The van der Waals surface area contributed by atoms with E-state index in [-0.39, 0.29) is 0 Å². The van der Waals surface area contributed by atoms with E-state index in [0.29, 0.717) is 43.9 Å². The van der Waals surface area contributed by atoms with Crippen molar-refractivity contribution in [2.75, 3.05) is 26.7 Å². The Morgan fingerprint density at radius 1 is 0.760 bits per heavy atom. The molecule has 25 heavy (non-hydrogen) atoms. The predicted octanol–water partition coefficient (Wildman–Crippen LogP) is 0.829. The van der Waals surface area contributed by atoms with Gasteiger partial charge in [-0.3, -0.25) is 0 Å². The Bertz CT molecular complexity index is 530. The minimum absolute atomic E-state index is 0.368. The molecule has 4 saturated heterocycles. The summed E-state index contributed by atoms with van der Waals surface area (Å²) in [6, 6.07) is 0.823. The molecule has 0 bridgehead atoms. The summed E-state index contributed by atoms with van der Waals surface area (Å²) in [5.41, 5.74) is 0. The second-order valence-corrected chi connectivity index (χ2v) is 9.57. The average molecular weight is 350 g/mol. The van der Waals surface area contributed by atoms with E-state index in [4.69, 9.17) is 18.9 Å². The van der Waals surface area contributed by atoms with Crippen LogP contribution in [0, 0.1) is 29.6 Å². The highest BCUT2D eigenvalue weighted by Crippen LogP contribution is 2.48. The molecule has 2 saturated carbocycles. The molecule has 0 aromatic rings. The van der Waals surface area contributed by atoms with Crippen LogP contribution in [0.4, 0.5) is 0 Å². The lowest BCUT2D eigenvalue weighted by Crippen LogP contribution is -3.21. The molecule has 11 atom stereocenters. The van der Waals surface area contributed by atoms with Gasteiger partial charge in [0.05, 0.1) is 43.5 Å². The summed E-state index contributed by atoms with van der Waals surface area (Å²) in [4.78, 5) is 1.86. The first-order valence-corrected chi connectivity index (χ1v) is 10.6. The standard InChI is InChI=1S/C20H31NO4/c1-11-13-2-3-16-20(25-10-22-16)15(13)8-21-5-4-12-6-17-18(24-9-23-17)7-14(12)19(11)21/h11-20H,2-10H2,1H3/p+1. The third-order valence-electron chi connectivity index (χ3n) is 8.80. The van der Waals surface area contributed by atoms with Gasteiger partial charge in [0, 0.05) is 17.8 Å². The number of piperidine rings is 2. The maximum atomic E-state index is 6.05. The second-order valence-electron chi connectivity index (χ2n) is 9.57. The third-order valence-corrected chi connectivity index (χ3v) is 8.80. The first-order valence-electron chi connectivity index (χ1n) is 10.6. The van der Waals surface area contributed by atoms with E-state index in [1.54, 1.807) is 0 Å². The molecular formula is C20H32NO4+. The second kappa shape index (κ2) is 5.90. The SMILES string of the molecule is CC1C2CCC3OCOC3C2C[NH+]2CCC3CC4OCOC4CC3C12. The zero-order valence-electron chi connectivity index (χ0n) is 15.3. The highest BCUT2D eigenvalue weighted by molar-refractivity contribution is 5.01. The van der Waals surface area contributed by atoms with Crippen molar-refractivity contribution in [3.63, 3.8) is 0 Å². The number of hydrogen-bond donors (Lipinski definition) is 1. The Morgan fingerprint density at radius 2 is 1.56 bits per heavy atom. The molecule has 0 aromatic carbocycles. The molecule has 140 valence electrons. The molecule has 0 radical (unpaired) electrons. The van der Waals surface area contributed by atoms with Crippen LogP contribution < -0.4 is 4.90 Å². The van der Waals surface area contributed by atoms with Crippen LogP contribution in [0.25, 0.3) is 0 Å². The van der Waals surface area contributed by atoms with Crippen LogP contribution in [0.2, 0.25) is 0 Å². The smallest absolute Gasteiger partial charge is 0.147 e. The average Bonchev–Trinajstić information content (AvgIpc) is 3.28. The molecule has 4 aliphatic heterocycles. The van der Waals surface area contributed by atoms with E-state index in [9.17, 15) is 0 Å². The van der Waals surface area contributed by atoms with Crippen LogP contribution >= 0.6 is 0 Å². The summed E-state index contributed by atoms with van der Waals surface area (Å²) < 4.78 is 23.7. The molecule has 0 spiro atoms. The maximum Gasteiger partial charge on any atom is 0.147 e. The summed E-state index contributed by atoms with van der Waals surface area (Å²) >= 11 is 0. The Balaban J connectivity index is 1.26. The summed E-state index contributed by atoms with van der Waals surface area (Å²) in [7, 11) is 0. The zero-order valence-corrected chi connectivity index (χ0v) is 15.3. The Morgan fingerprint density at radius 3 is 2.48 bits per heavy atom. The molecule has 5 heteroatoms. The lowest BCUT2D eigenvalue weighted by Gasteiger charge is -2.56. The van der Waals surface area contributed by atoms with Gasteiger partial charge in [-0.15, -0.1) is 0 Å². The van der Waals surface area contributed by atoms with Gasteiger partial charge in [0.15, 0.2) is 0 Å². The number of hydrogen-bond acceptors (Lipinski definition) is 4. The molecule has 2 aliphatic carbocycles. The van der Waals surface area contributed by atoms with E-state index in [1.807, 2.05) is 4.90 Å². The van der Waals surface area contributed by atoms with Crippen molar-refractivity contribution in [1.82, 2.24) is 0 Å². The van der Waals surface area contributed by atoms with Gasteiger partial charge in [-0.1, -0.05) is 6.92 Å². The summed E-state index contributed by atoms with van der Waals surface area (Å²) in [5, 5.41) is 0. The van der Waals surface area contributed by atoms with Crippen molar-refractivity contribution in [1.29, 1.82) is 0 Å². The number of quaternary nitrogens is 1. The molecule has 6 aliphatic rings. The third kappa shape index (κ3) is 2.32. The van der Waals surface area contributed by atoms with Crippen molar-refractivity contribution < 1.29 is 23.8 Å². The Labute approximate surface area is 150 Å². The van der Waals surface area contributed by atoms with Crippen LogP contribution in [0.1, 0.15) is 39.0 Å². The number of fused-ring (bicyclic) bond motifs is 7. The fraction of sp³-hybridized carbons (Fsp3) is 1.00. The van der Waals surface area contributed by atoms with Crippen LogP contribution in [-0.4, -0.2) is 57.1 Å². The highest BCUT2D eigenvalue weighted by Gasteiger charge is 2.58. The molecule has 0 aromatic heterocycles. The molecule has 4 heterocycles. The van der Waals surface area contributed by atoms with Gasteiger partial charge in [0.25, 0.3) is 0 Å². The van der Waals surface area contributed by atoms with Crippen molar-refractivity contribution in [3.8, 4) is 0 Å². The normalized spacial score (nSPS) is 60.1. The van der Waals surface area contributed by atoms with E-state index >= 15 is 0 Å². The Kier molecular flexibility index (Phi) is 3.73. The molecule has 6 fully saturated rings. The first-order chi connectivity index (χ1) is 12.3. The fourth-order valence-corrected chi connectivity index (χ4v) is 7.77. The van der Waals surface area contributed by atoms with Gasteiger partial charge in [0.1, 0.15) is 13.6 Å². The summed E-state index contributed by atoms with van der Waals surface area (Å²) in [5.74, 6) is 4.03. The summed E-state index contributed by atoms with van der Waals surface area (Å²) in [6.07, 6.45) is 7.88. The van der Waals surface area contributed by atoms with E-state index in [2.05, 4.69) is 6.92 Å². The molecule has 11 unspecified atom stereocenters. The minimum Gasteiger partial charge on any atom is -0.349 e. The van der Waals surface area contributed by atoms with Crippen LogP contribution in [0.5, 0.6) is 0 Å². The van der Waals surface area contributed by atoms with Gasteiger partial charge in [-0.05, 0) is 43.9 Å². The van der Waals surface area contributed by atoms with Crippen LogP contribution in [0.15, 0.2) is 0 Å². The van der Waals surface area contributed by atoms with Crippen molar-refractivity contribution in [3.05, 3.63) is 0 Å². The molecule has 1 N–H and O–H groups in total. The molecule has 0 amide bonds. The topological polar surface area (TPSA) is 41.4 Å². The lowest BCUT2D eigenvalue weighted by molar-refractivity contribution is -0.952. The Hall–Kier alpha value is -0.200. The van der Waals surface area contributed by atoms with Crippen molar-refractivity contribution >= 4 is 0 Å². The van der Waals surface area contributed by atoms with Crippen molar-refractivity contribution in [2.45, 2.75) is 69.5 Å². The molecule has 5 nitrogen and oxygen atoms in total. The number of rotatable bonds is 0. The van der Waals surface area contributed by atoms with Crippen LogP contribution in [0.3, 0.4) is 0 Å². The minimum atomic E-state index is 0.368. The quantitative estimate of drug-likeness (QED) is 0.703. The lowest BCUT2D eigenvalue weighted by atomic mass is 9.58. The number of nitrogens with one attached hydrogen (secondary N) is 1. The van der Waals surface area contributed by atoms with Gasteiger partial charge < -0.3 is 23.8 Å². The maximum absolute atomic E-state index is 6.05. The van der Waals surface area contributed by atoms with Gasteiger partial charge in [-0.25, -0.2) is 0 Å². The molecule has 6 rings (SSSR count). The summed E-state index contributed by atoms with van der Waals surface area (Å²) in [6.45, 7) is 6.25. The molecular weight excluding hydrogens is 318 g/mol. The fourth-order valence-electron chi connectivity index (χ4n) is 7.77. The van der Waals surface area contributed by atoms with Gasteiger partial charge in [0.2, 0.25) is 0 Å². The first kappa shape index (κ1) is 15.8. The zero-order chi connectivity index (χ0) is 16.5. The van der Waals surface area contributed by atoms with E-state index < -0.39 is 0 Å². The van der Waals surface area contributed by atoms with E-state index in [0.717, 1.165) is 29.7 Å². The van der Waals surface area contributed by atoms with Gasteiger partial charge in [-0.2, -0.15) is 0 Å². The van der Waals surface area contributed by atoms with E-state index in [1.165, 1.54) is 45.2 Å². The number of ether oxygens (including phenoxy) is 4. The monoisotopic (exact) mass is 350 g/mol. The highest BCUT2D eigenvalue weighted by atomic mass is 16.7. The van der Waals surface area contributed by atoms with Gasteiger partial charge >= 0.3 is 0 Å². The van der Waals surface area contributed by atoms with Crippen LogP contribution in [-0.2, 0) is 18.9 Å².